The molecule has 7 heteroatoms. The molecule has 23 heavy (non-hydrogen) atoms. The molecular weight excluding hydrogens is 296 g/mol. The van der Waals surface area contributed by atoms with Gasteiger partial charge in [-0.3, -0.25) is 10.1 Å². The fourth-order valence-electron chi connectivity index (χ4n) is 2.25. The highest BCUT2D eigenvalue weighted by molar-refractivity contribution is 5.63. The maximum absolute atomic E-state index is 11.5. The van der Waals surface area contributed by atoms with Gasteiger partial charge in [0.1, 0.15) is 12.1 Å². The standard InChI is InChI=1S/C16H20N4O3/c1-4-12-7-9-13(10-8-12)23-16-14(20(21)22)15(17-11-18-16)19(5-2)6-3/h7-11H,4-6H2,1-3H3. The molecule has 1 aromatic carbocycles. The van der Waals surface area contributed by atoms with Gasteiger partial charge in [0.05, 0.1) is 4.92 Å². The molecule has 0 aliphatic rings. The van der Waals surface area contributed by atoms with Crippen molar-refractivity contribution in [2.24, 2.45) is 0 Å². The summed E-state index contributed by atoms with van der Waals surface area (Å²) in [6, 6.07) is 7.41. The second-order valence-electron chi connectivity index (χ2n) is 4.88. The Morgan fingerprint density at radius 2 is 1.78 bits per heavy atom. The third kappa shape index (κ3) is 3.74. The number of hydrogen-bond donors (Lipinski definition) is 0. The number of anilines is 1. The number of hydrogen-bond acceptors (Lipinski definition) is 6. The predicted octanol–water partition coefficient (Wildman–Crippen LogP) is 3.59. The number of ether oxygens (including phenoxy) is 1. The number of benzene rings is 1. The zero-order chi connectivity index (χ0) is 16.8. The van der Waals surface area contributed by atoms with Crippen LogP contribution in [0, 0.1) is 10.1 Å². The first-order valence-electron chi connectivity index (χ1n) is 7.61. The molecule has 2 rings (SSSR count). The topological polar surface area (TPSA) is 81.4 Å². The Bertz CT molecular complexity index is 670. The van der Waals surface area contributed by atoms with Crippen molar-refractivity contribution in [2.75, 3.05) is 18.0 Å². The minimum atomic E-state index is -0.497. The molecule has 1 aromatic heterocycles. The van der Waals surface area contributed by atoms with Crippen molar-refractivity contribution in [2.45, 2.75) is 27.2 Å². The lowest BCUT2D eigenvalue weighted by Gasteiger charge is -2.19. The van der Waals surface area contributed by atoms with Gasteiger partial charge in [-0.25, -0.2) is 4.98 Å². The second kappa shape index (κ2) is 7.53. The van der Waals surface area contributed by atoms with Crippen LogP contribution < -0.4 is 9.64 Å². The minimum Gasteiger partial charge on any atom is -0.434 e. The van der Waals surface area contributed by atoms with Crippen molar-refractivity contribution in [1.29, 1.82) is 0 Å². The van der Waals surface area contributed by atoms with Crippen LogP contribution in [0.3, 0.4) is 0 Å². The highest BCUT2D eigenvalue weighted by Crippen LogP contribution is 2.35. The van der Waals surface area contributed by atoms with E-state index in [-0.39, 0.29) is 17.4 Å². The quantitative estimate of drug-likeness (QED) is 0.573. The van der Waals surface area contributed by atoms with Crippen LogP contribution >= 0.6 is 0 Å². The molecular formula is C16H20N4O3. The summed E-state index contributed by atoms with van der Waals surface area (Å²) in [6.07, 6.45) is 2.20. The van der Waals surface area contributed by atoms with Crippen molar-refractivity contribution in [3.8, 4) is 11.6 Å². The van der Waals surface area contributed by atoms with E-state index in [1.54, 1.807) is 17.0 Å². The van der Waals surface area contributed by atoms with Crippen LogP contribution in [0.2, 0.25) is 0 Å². The molecule has 0 saturated heterocycles. The van der Waals surface area contributed by atoms with Crippen molar-refractivity contribution in [1.82, 2.24) is 9.97 Å². The van der Waals surface area contributed by atoms with Crippen LogP contribution in [0.1, 0.15) is 26.3 Å². The highest BCUT2D eigenvalue weighted by Gasteiger charge is 2.27. The van der Waals surface area contributed by atoms with Gasteiger partial charge in [-0.15, -0.1) is 0 Å². The Morgan fingerprint density at radius 3 is 2.30 bits per heavy atom. The van der Waals surface area contributed by atoms with Crippen molar-refractivity contribution in [3.63, 3.8) is 0 Å². The summed E-state index contributed by atoms with van der Waals surface area (Å²) in [6.45, 7) is 7.11. The molecule has 0 saturated carbocycles. The van der Waals surface area contributed by atoms with Crippen LogP contribution in [0.25, 0.3) is 0 Å². The molecule has 0 aliphatic heterocycles. The first-order chi connectivity index (χ1) is 11.1. The first-order valence-corrected chi connectivity index (χ1v) is 7.61. The van der Waals surface area contributed by atoms with E-state index in [1.807, 2.05) is 26.0 Å². The monoisotopic (exact) mass is 316 g/mol. The third-order valence-electron chi connectivity index (χ3n) is 3.56. The van der Waals surface area contributed by atoms with Gasteiger partial charge in [0.15, 0.2) is 0 Å². The smallest absolute Gasteiger partial charge is 0.373 e. The average Bonchev–Trinajstić information content (AvgIpc) is 2.56. The molecule has 7 nitrogen and oxygen atoms in total. The third-order valence-corrected chi connectivity index (χ3v) is 3.56. The molecule has 122 valence electrons. The van der Waals surface area contributed by atoms with E-state index < -0.39 is 4.92 Å². The molecule has 2 aromatic rings. The molecule has 0 fully saturated rings. The molecule has 0 radical (unpaired) electrons. The summed E-state index contributed by atoms with van der Waals surface area (Å²) in [4.78, 5) is 20.8. The van der Waals surface area contributed by atoms with E-state index in [0.717, 1.165) is 6.42 Å². The maximum Gasteiger partial charge on any atom is 0.373 e. The molecule has 0 aliphatic carbocycles. The normalized spacial score (nSPS) is 10.4. The first kappa shape index (κ1) is 16.7. The van der Waals surface area contributed by atoms with Crippen LogP contribution in [0.4, 0.5) is 11.5 Å². The Kier molecular flexibility index (Phi) is 5.46. The minimum absolute atomic E-state index is 0.0452. The van der Waals surface area contributed by atoms with E-state index >= 15 is 0 Å². The van der Waals surface area contributed by atoms with Crippen LogP contribution in [0.5, 0.6) is 11.6 Å². The van der Waals surface area contributed by atoms with Gasteiger partial charge >= 0.3 is 11.6 Å². The predicted molar refractivity (Wildman–Crippen MR) is 88.1 cm³/mol. The Balaban J connectivity index is 2.40. The van der Waals surface area contributed by atoms with E-state index in [4.69, 9.17) is 4.74 Å². The van der Waals surface area contributed by atoms with Crippen molar-refractivity contribution in [3.05, 3.63) is 46.3 Å². The van der Waals surface area contributed by atoms with Gasteiger partial charge in [-0.1, -0.05) is 19.1 Å². The second-order valence-corrected chi connectivity index (χ2v) is 4.88. The van der Waals surface area contributed by atoms with Crippen molar-refractivity contribution >= 4 is 11.5 Å². The molecule has 1 heterocycles. The van der Waals surface area contributed by atoms with E-state index in [9.17, 15) is 10.1 Å². The fourth-order valence-corrected chi connectivity index (χ4v) is 2.25. The lowest BCUT2D eigenvalue weighted by atomic mass is 10.2. The Hall–Kier alpha value is -2.70. The van der Waals surface area contributed by atoms with Gasteiger partial charge in [-0.05, 0) is 38.0 Å². The summed E-state index contributed by atoms with van der Waals surface area (Å²) in [5, 5.41) is 11.5. The highest BCUT2D eigenvalue weighted by atomic mass is 16.6. The van der Waals surface area contributed by atoms with Crippen molar-refractivity contribution < 1.29 is 9.66 Å². The number of nitrogens with zero attached hydrogens (tertiary/aromatic N) is 4. The molecule has 0 atom stereocenters. The van der Waals surface area contributed by atoms with E-state index in [2.05, 4.69) is 16.9 Å². The van der Waals surface area contributed by atoms with E-state index in [0.29, 0.717) is 18.8 Å². The lowest BCUT2D eigenvalue weighted by molar-refractivity contribution is -0.385. The largest absolute Gasteiger partial charge is 0.434 e. The Morgan fingerprint density at radius 1 is 1.13 bits per heavy atom. The summed E-state index contributed by atoms with van der Waals surface area (Å²) in [5.74, 6) is 0.737. The maximum atomic E-state index is 11.5. The summed E-state index contributed by atoms with van der Waals surface area (Å²) < 4.78 is 5.63. The molecule has 0 unspecified atom stereocenters. The molecule has 0 spiro atoms. The zero-order valence-electron chi connectivity index (χ0n) is 13.5. The number of rotatable bonds is 7. The number of aromatic nitrogens is 2. The van der Waals surface area contributed by atoms with Gasteiger partial charge in [0.2, 0.25) is 5.82 Å². The summed E-state index contributed by atoms with van der Waals surface area (Å²) in [5.41, 5.74) is 0.953. The van der Waals surface area contributed by atoms with Gasteiger partial charge in [0, 0.05) is 13.1 Å². The number of nitro groups is 1. The zero-order valence-corrected chi connectivity index (χ0v) is 13.5. The lowest BCUT2D eigenvalue weighted by Crippen LogP contribution is -2.24. The SMILES string of the molecule is CCc1ccc(Oc2ncnc(N(CC)CC)c2[N+](=O)[O-])cc1. The number of aryl methyl sites for hydroxylation is 1. The van der Waals surface area contributed by atoms with Crippen LogP contribution in [0.15, 0.2) is 30.6 Å². The molecule has 0 N–H and O–H groups in total. The Labute approximate surface area is 135 Å². The van der Waals surface area contributed by atoms with Gasteiger partial charge in [0.25, 0.3) is 0 Å². The van der Waals surface area contributed by atoms with Crippen LogP contribution in [-0.4, -0.2) is 28.0 Å². The summed E-state index contributed by atoms with van der Waals surface area (Å²) in [7, 11) is 0. The van der Waals surface area contributed by atoms with Crippen LogP contribution in [-0.2, 0) is 6.42 Å². The van der Waals surface area contributed by atoms with Gasteiger partial charge < -0.3 is 9.64 Å². The average molecular weight is 316 g/mol. The molecule has 0 bridgehead atoms. The van der Waals surface area contributed by atoms with Gasteiger partial charge in [-0.2, -0.15) is 4.98 Å². The fraction of sp³-hybridized carbons (Fsp3) is 0.375. The summed E-state index contributed by atoms with van der Waals surface area (Å²) >= 11 is 0. The molecule has 0 amide bonds. The van der Waals surface area contributed by atoms with E-state index in [1.165, 1.54) is 11.9 Å².